The summed E-state index contributed by atoms with van der Waals surface area (Å²) in [4.78, 5) is 32.9. The zero-order chi connectivity index (χ0) is 27.3. The summed E-state index contributed by atoms with van der Waals surface area (Å²) < 4.78 is 22.0. The zero-order valence-electron chi connectivity index (χ0n) is 21.7. The minimum atomic E-state index is -0.850. The summed E-state index contributed by atoms with van der Waals surface area (Å²) >= 11 is 0. The van der Waals surface area contributed by atoms with Crippen molar-refractivity contribution in [2.75, 3.05) is 10.6 Å². The lowest BCUT2D eigenvalue weighted by atomic mass is 9.97. The van der Waals surface area contributed by atoms with E-state index < -0.39 is 35.5 Å². The number of nitrogens with one attached hydrogen (secondary N) is 3. The molecule has 3 aromatic heterocycles. The SMILES string of the molecule is CC(C)[C@@H](Nc1nc(Nc2cncc(-n3cccn3)c2)c(C(N)=O)cc1F)[C@H](C)NC(=O)OC(C)(C)C. The van der Waals surface area contributed by atoms with Gasteiger partial charge in [-0.05, 0) is 51.8 Å². The molecule has 0 bridgehead atoms. The van der Waals surface area contributed by atoms with Gasteiger partial charge in [0, 0.05) is 24.5 Å². The average molecular weight is 513 g/mol. The molecule has 3 rings (SSSR count). The first-order valence-corrected chi connectivity index (χ1v) is 11.8. The van der Waals surface area contributed by atoms with Gasteiger partial charge in [-0.2, -0.15) is 5.10 Å². The molecule has 0 radical (unpaired) electrons. The summed E-state index contributed by atoms with van der Waals surface area (Å²) in [6, 6.07) is 3.67. The number of nitrogens with two attached hydrogens (primary N) is 1. The smallest absolute Gasteiger partial charge is 0.407 e. The highest BCUT2D eigenvalue weighted by atomic mass is 19.1. The number of rotatable bonds is 9. The van der Waals surface area contributed by atoms with Crippen molar-refractivity contribution in [2.24, 2.45) is 11.7 Å². The molecule has 37 heavy (non-hydrogen) atoms. The predicted octanol–water partition coefficient (Wildman–Crippen LogP) is 3.99. The molecular weight excluding hydrogens is 479 g/mol. The second-order valence-electron chi connectivity index (χ2n) is 9.94. The van der Waals surface area contributed by atoms with Crippen LogP contribution in [0.1, 0.15) is 51.9 Å². The molecule has 0 fully saturated rings. The van der Waals surface area contributed by atoms with Crippen molar-refractivity contribution in [3.8, 4) is 5.69 Å². The lowest BCUT2D eigenvalue weighted by Crippen LogP contribution is -2.49. The van der Waals surface area contributed by atoms with Gasteiger partial charge in [0.25, 0.3) is 5.91 Å². The van der Waals surface area contributed by atoms with E-state index in [1.54, 1.807) is 63.1 Å². The molecule has 0 saturated carbocycles. The van der Waals surface area contributed by atoms with Crippen molar-refractivity contribution in [2.45, 2.75) is 59.2 Å². The van der Waals surface area contributed by atoms with Crippen LogP contribution in [0.5, 0.6) is 0 Å². The van der Waals surface area contributed by atoms with E-state index in [4.69, 9.17) is 10.5 Å². The Morgan fingerprint density at radius 3 is 2.46 bits per heavy atom. The zero-order valence-corrected chi connectivity index (χ0v) is 21.7. The Kier molecular flexibility index (Phi) is 8.31. The number of ether oxygens (including phenoxy) is 1. The maximum Gasteiger partial charge on any atom is 0.407 e. The van der Waals surface area contributed by atoms with E-state index in [0.717, 1.165) is 6.07 Å². The molecule has 12 heteroatoms. The van der Waals surface area contributed by atoms with Gasteiger partial charge in [0.2, 0.25) is 0 Å². The molecule has 0 spiro atoms. The molecule has 2 amide bonds. The third kappa shape index (κ3) is 7.38. The number of aromatic nitrogens is 4. The van der Waals surface area contributed by atoms with Gasteiger partial charge < -0.3 is 26.4 Å². The Morgan fingerprint density at radius 1 is 1.14 bits per heavy atom. The number of hydrogen-bond acceptors (Lipinski definition) is 8. The van der Waals surface area contributed by atoms with E-state index >= 15 is 4.39 Å². The Bertz CT molecular complexity index is 1240. The van der Waals surface area contributed by atoms with Crippen LogP contribution >= 0.6 is 0 Å². The first-order valence-electron chi connectivity index (χ1n) is 11.8. The van der Waals surface area contributed by atoms with Crippen LogP contribution in [0, 0.1) is 11.7 Å². The summed E-state index contributed by atoms with van der Waals surface area (Å²) in [6.07, 6.45) is 5.95. The highest BCUT2D eigenvalue weighted by Gasteiger charge is 2.27. The number of carbonyl (C=O) groups excluding carboxylic acids is 2. The van der Waals surface area contributed by atoms with Crippen LogP contribution in [0.15, 0.2) is 43.0 Å². The summed E-state index contributed by atoms with van der Waals surface area (Å²) in [5, 5.41) is 13.0. The van der Waals surface area contributed by atoms with Crippen LogP contribution < -0.4 is 21.7 Å². The van der Waals surface area contributed by atoms with Gasteiger partial charge in [0.1, 0.15) is 11.4 Å². The van der Waals surface area contributed by atoms with Crippen LogP contribution in [0.3, 0.4) is 0 Å². The second kappa shape index (κ2) is 11.2. The molecule has 2 atom stereocenters. The number of hydrogen-bond donors (Lipinski definition) is 4. The number of pyridine rings is 2. The van der Waals surface area contributed by atoms with Crippen LogP contribution in [0.25, 0.3) is 5.69 Å². The fraction of sp³-hybridized carbons (Fsp3) is 0.400. The number of nitrogens with zero attached hydrogens (tertiary/aromatic N) is 4. The van der Waals surface area contributed by atoms with Crippen molar-refractivity contribution < 1.29 is 18.7 Å². The quantitative estimate of drug-likeness (QED) is 0.336. The minimum absolute atomic E-state index is 0.0340. The number of anilines is 3. The van der Waals surface area contributed by atoms with Crippen LogP contribution in [-0.4, -0.2) is 49.4 Å². The largest absolute Gasteiger partial charge is 0.444 e. The summed E-state index contributed by atoms with van der Waals surface area (Å²) in [5.41, 5.74) is 5.86. The van der Waals surface area contributed by atoms with Crippen molar-refractivity contribution in [3.05, 3.63) is 54.4 Å². The molecule has 5 N–H and O–H groups in total. The van der Waals surface area contributed by atoms with Gasteiger partial charge in [0.05, 0.1) is 29.3 Å². The average Bonchev–Trinajstić information content (AvgIpc) is 3.32. The Balaban J connectivity index is 1.88. The second-order valence-corrected chi connectivity index (χ2v) is 9.94. The van der Waals surface area contributed by atoms with Crippen LogP contribution in [-0.2, 0) is 4.74 Å². The number of primary amides is 1. The Morgan fingerprint density at radius 2 is 1.86 bits per heavy atom. The van der Waals surface area contributed by atoms with Crippen LogP contribution in [0.4, 0.5) is 26.5 Å². The molecule has 0 aliphatic rings. The third-order valence-corrected chi connectivity index (χ3v) is 5.30. The summed E-state index contributed by atoms with van der Waals surface area (Å²) in [7, 11) is 0. The van der Waals surface area contributed by atoms with Crippen molar-refractivity contribution in [1.29, 1.82) is 0 Å². The monoisotopic (exact) mass is 512 g/mol. The highest BCUT2D eigenvalue weighted by molar-refractivity contribution is 5.98. The van der Waals surface area contributed by atoms with Crippen molar-refractivity contribution in [3.63, 3.8) is 0 Å². The third-order valence-electron chi connectivity index (χ3n) is 5.30. The minimum Gasteiger partial charge on any atom is -0.444 e. The highest BCUT2D eigenvalue weighted by Crippen LogP contribution is 2.26. The predicted molar refractivity (Wildman–Crippen MR) is 138 cm³/mol. The van der Waals surface area contributed by atoms with E-state index in [-0.39, 0.29) is 23.1 Å². The van der Waals surface area contributed by atoms with Crippen molar-refractivity contribution in [1.82, 2.24) is 25.1 Å². The normalized spacial score (nSPS) is 13.1. The summed E-state index contributed by atoms with van der Waals surface area (Å²) in [5.74, 6) is -1.71. The molecule has 198 valence electrons. The lowest BCUT2D eigenvalue weighted by Gasteiger charge is -2.31. The topological polar surface area (TPSA) is 149 Å². The van der Waals surface area contributed by atoms with E-state index in [9.17, 15) is 9.59 Å². The lowest BCUT2D eigenvalue weighted by molar-refractivity contribution is 0.0499. The molecule has 0 aromatic carbocycles. The number of halogens is 1. The van der Waals surface area contributed by atoms with E-state index in [2.05, 4.69) is 31.0 Å². The van der Waals surface area contributed by atoms with Gasteiger partial charge >= 0.3 is 6.09 Å². The first kappa shape index (κ1) is 27.4. The molecular formula is C25H33FN8O3. The van der Waals surface area contributed by atoms with Crippen LogP contribution in [0.2, 0.25) is 0 Å². The molecule has 11 nitrogen and oxygen atoms in total. The fourth-order valence-corrected chi connectivity index (χ4v) is 3.66. The van der Waals surface area contributed by atoms with E-state index in [0.29, 0.717) is 11.4 Å². The molecule has 3 heterocycles. The van der Waals surface area contributed by atoms with Crippen molar-refractivity contribution >= 4 is 29.3 Å². The fourth-order valence-electron chi connectivity index (χ4n) is 3.66. The van der Waals surface area contributed by atoms with Gasteiger partial charge in [0.15, 0.2) is 11.6 Å². The number of alkyl carbamates (subject to hydrolysis) is 1. The number of carbonyl (C=O) groups is 2. The van der Waals surface area contributed by atoms with Gasteiger partial charge in [-0.3, -0.25) is 9.78 Å². The molecule has 3 aromatic rings. The maximum absolute atomic E-state index is 15.1. The molecule has 0 aliphatic carbocycles. The van der Waals surface area contributed by atoms with Gasteiger partial charge in [-0.1, -0.05) is 13.8 Å². The Hall–Kier alpha value is -4.22. The van der Waals surface area contributed by atoms with Gasteiger partial charge in [-0.25, -0.2) is 18.9 Å². The summed E-state index contributed by atoms with van der Waals surface area (Å²) in [6.45, 7) is 10.9. The standard InChI is InChI=1S/C25H33FN8O3/c1-14(2)20(15(3)30-24(36)37-25(4,5)6)32-23-19(26)11-18(21(27)35)22(33-23)31-16-10-17(13-28-12-16)34-9-7-8-29-34/h7-15,20H,1-6H3,(H2,27,35)(H,30,36)(H2,31,32,33)/t15-,20+/m0/s1. The maximum atomic E-state index is 15.1. The van der Waals surface area contributed by atoms with Gasteiger partial charge in [-0.15, -0.1) is 0 Å². The van der Waals surface area contributed by atoms with E-state index in [1.165, 1.54) is 6.20 Å². The first-order chi connectivity index (χ1) is 17.3. The van der Waals surface area contributed by atoms with E-state index in [1.807, 2.05) is 13.8 Å². The molecule has 0 unspecified atom stereocenters. The Labute approximate surface area is 215 Å². The molecule has 0 aliphatic heterocycles. The number of amides is 2. The molecule has 0 saturated heterocycles.